The summed E-state index contributed by atoms with van der Waals surface area (Å²) < 4.78 is 9.73. The number of methoxy groups -OCH3 is 1. The minimum Gasteiger partial charge on any atom is -0.469 e. The smallest absolute Gasteiger partial charge is 0.305 e. The number of esters is 2. The van der Waals surface area contributed by atoms with E-state index >= 15 is 0 Å². The topological polar surface area (TPSA) is 52.6 Å². The van der Waals surface area contributed by atoms with Crippen molar-refractivity contribution in [3.8, 4) is 0 Å². The molecule has 1 aromatic carbocycles. The zero-order valence-electron chi connectivity index (χ0n) is 13.8. The van der Waals surface area contributed by atoms with Crippen LogP contribution in [0.3, 0.4) is 0 Å². The molecule has 1 aromatic rings. The quantitative estimate of drug-likeness (QED) is 0.655. The molecule has 0 aromatic heterocycles. The highest BCUT2D eigenvalue weighted by atomic mass is 16.5. The largest absolute Gasteiger partial charge is 0.469 e. The van der Waals surface area contributed by atoms with Gasteiger partial charge >= 0.3 is 11.9 Å². The van der Waals surface area contributed by atoms with Crippen LogP contribution < -0.4 is 0 Å². The first kappa shape index (κ1) is 18.2. The zero-order valence-corrected chi connectivity index (χ0v) is 13.8. The van der Waals surface area contributed by atoms with Crippen molar-refractivity contribution in [1.29, 1.82) is 0 Å². The molecule has 0 amide bonds. The third-order valence-electron chi connectivity index (χ3n) is 3.87. The van der Waals surface area contributed by atoms with Crippen LogP contribution in [-0.2, 0) is 25.5 Å². The molecular formula is C18H26O4. The van der Waals surface area contributed by atoms with E-state index in [1.807, 2.05) is 18.2 Å². The van der Waals surface area contributed by atoms with E-state index in [4.69, 9.17) is 9.47 Å². The maximum atomic E-state index is 11.6. The summed E-state index contributed by atoms with van der Waals surface area (Å²) in [6, 6.07) is 10.1. The average molecular weight is 306 g/mol. The van der Waals surface area contributed by atoms with E-state index in [0.717, 1.165) is 6.42 Å². The first-order chi connectivity index (χ1) is 10.5. The summed E-state index contributed by atoms with van der Waals surface area (Å²) in [6.07, 6.45) is 2.94. The van der Waals surface area contributed by atoms with Crippen molar-refractivity contribution in [3.63, 3.8) is 0 Å². The van der Waals surface area contributed by atoms with E-state index in [2.05, 4.69) is 19.1 Å². The molecule has 0 radical (unpaired) electrons. The van der Waals surface area contributed by atoms with Gasteiger partial charge in [-0.15, -0.1) is 0 Å². The third kappa shape index (κ3) is 6.74. The van der Waals surface area contributed by atoms with E-state index in [0.29, 0.717) is 32.3 Å². The molecule has 1 atom stereocenters. The molecule has 122 valence electrons. The Labute approximate surface area is 132 Å². The molecular weight excluding hydrogens is 280 g/mol. The first-order valence-corrected chi connectivity index (χ1v) is 7.75. The summed E-state index contributed by atoms with van der Waals surface area (Å²) in [5.74, 6) is -0.393. The number of carbonyl (C=O) groups excluding carboxylic acids is 2. The van der Waals surface area contributed by atoms with Crippen LogP contribution in [0.1, 0.15) is 45.1 Å². The number of rotatable bonds is 9. The highest BCUT2D eigenvalue weighted by Crippen LogP contribution is 2.33. The van der Waals surface area contributed by atoms with Gasteiger partial charge < -0.3 is 9.47 Å². The van der Waals surface area contributed by atoms with Crippen molar-refractivity contribution in [2.45, 2.75) is 46.0 Å². The fourth-order valence-corrected chi connectivity index (χ4v) is 2.53. The standard InChI is InChI=1S/C18H26O4/c1-4-22-17(20)11-13-18(2,12-10-16(19)21-3)14-15-8-6-5-7-9-15/h5-9H,4,10-14H2,1-3H3. The molecule has 0 aliphatic heterocycles. The van der Waals surface area contributed by atoms with E-state index in [1.54, 1.807) is 6.92 Å². The lowest BCUT2D eigenvalue weighted by atomic mass is 9.76. The van der Waals surface area contributed by atoms with Gasteiger partial charge in [0.05, 0.1) is 13.7 Å². The number of ether oxygens (including phenoxy) is 2. The Kier molecular flexibility index (Phi) is 7.64. The molecule has 0 spiro atoms. The SMILES string of the molecule is CCOC(=O)CCC(C)(CCC(=O)OC)Cc1ccccc1. The van der Waals surface area contributed by atoms with Gasteiger partial charge in [-0.2, -0.15) is 0 Å². The molecule has 0 fully saturated rings. The minimum atomic E-state index is -0.213. The van der Waals surface area contributed by atoms with Crippen LogP contribution in [0, 0.1) is 5.41 Å². The highest BCUT2D eigenvalue weighted by molar-refractivity contribution is 5.70. The molecule has 0 aliphatic rings. The Morgan fingerprint density at radius 3 is 2.18 bits per heavy atom. The lowest BCUT2D eigenvalue weighted by Gasteiger charge is -2.29. The molecule has 1 unspecified atom stereocenters. The van der Waals surface area contributed by atoms with Crippen LogP contribution in [0.25, 0.3) is 0 Å². The fraction of sp³-hybridized carbons (Fsp3) is 0.556. The van der Waals surface area contributed by atoms with Crippen LogP contribution in [0.15, 0.2) is 30.3 Å². The summed E-state index contributed by atoms with van der Waals surface area (Å²) in [7, 11) is 1.40. The fourth-order valence-electron chi connectivity index (χ4n) is 2.53. The average Bonchev–Trinajstić information content (AvgIpc) is 2.52. The Bertz CT molecular complexity index is 469. The molecule has 0 N–H and O–H groups in total. The normalized spacial score (nSPS) is 13.2. The number of benzene rings is 1. The van der Waals surface area contributed by atoms with Crippen molar-refractivity contribution in [2.24, 2.45) is 5.41 Å². The van der Waals surface area contributed by atoms with Gasteiger partial charge in [0, 0.05) is 12.8 Å². The van der Waals surface area contributed by atoms with Crippen LogP contribution in [0.4, 0.5) is 0 Å². The maximum absolute atomic E-state index is 11.6. The van der Waals surface area contributed by atoms with Gasteiger partial charge in [-0.1, -0.05) is 37.3 Å². The van der Waals surface area contributed by atoms with E-state index in [1.165, 1.54) is 12.7 Å². The molecule has 0 aliphatic carbocycles. The number of hydrogen-bond acceptors (Lipinski definition) is 4. The second kappa shape index (κ2) is 9.23. The molecule has 4 nitrogen and oxygen atoms in total. The van der Waals surface area contributed by atoms with Gasteiger partial charge in [0.1, 0.15) is 0 Å². The van der Waals surface area contributed by atoms with Gasteiger partial charge in [0.2, 0.25) is 0 Å². The summed E-state index contributed by atoms with van der Waals surface area (Å²) in [6.45, 7) is 4.32. The Morgan fingerprint density at radius 2 is 1.64 bits per heavy atom. The summed E-state index contributed by atoms with van der Waals surface area (Å²) >= 11 is 0. The maximum Gasteiger partial charge on any atom is 0.305 e. The summed E-state index contributed by atoms with van der Waals surface area (Å²) in [5, 5.41) is 0. The van der Waals surface area contributed by atoms with Crippen LogP contribution >= 0.6 is 0 Å². The van der Waals surface area contributed by atoms with E-state index in [-0.39, 0.29) is 17.4 Å². The molecule has 4 heteroatoms. The van der Waals surface area contributed by atoms with Crippen LogP contribution in [-0.4, -0.2) is 25.7 Å². The predicted octanol–water partition coefficient (Wildman–Crippen LogP) is 3.53. The van der Waals surface area contributed by atoms with Gasteiger partial charge in [-0.25, -0.2) is 0 Å². The monoisotopic (exact) mass is 306 g/mol. The second-order valence-corrected chi connectivity index (χ2v) is 5.85. The van der Waals surface area contributed by atoms with E-state index in [9.17, 15) is 9.59 Å². The van der Waals surface area contributed by atoms with Crippen molar-refractivity contribution in [3.05, 3.63) is 35.9 Å². The Balaban J connectivity index is 2.70. The van der Waals surface area contributed by atoms with Crippen molar-refractivity contribution < 1.29 is 19.1 Å². The van der Waals surface area contributed by atoms with E-state index < -0.39 is 0 Å². The molecule has 1 rings (SSSR count). The summed E-state index contributed by atoms with van der Waals surface area (Å²) in [4.78, 5) is 23.1. The molecule has 0 bridgehead atoms. The molecule has 22 heavy (non-hydrogen) atoms. The molecule has 0 heterocycles. The van der Waals surface area contributed by atoms with Crippen LogP contribution in [0.2, 0.25) is 0 Å². The van der Waals surface area contributed by atoms with Gasteiger partial charge in [0.25, 0.3) is 0 Å². The van der Waals surface area contributed by atoms with Gasteiger partial charge in [-0.05, 0) is 37.2 Å². The number of carbonyl (C=O) groups is 2. The minimum absolute atomic E-state index is 0.137. The van der Waals surface area contributed by atoms with Gasteiger partial charge in [0.15, 0.2) is 0 Å². The Morgan fingerprint density at radius 1 is 1.05 bits per heavy atom. The number of hydrogen-bond donors (Lipinski definition) is 0. The van der Waals surface area contributed by atoms with Gasteiger partial charge in [-0.3, -0.25) is 9.59 Å². The third-order valence-corrected chi connectivity index (χ3v) is 3.87. The predicted molar refractivity (Wildman–Crippen MR) is 85.4 cm³/mol. The summed E-state index contributed by atoms with van der Waals surface area (Å²) in [5.41, 5.74) is 1.07. The first-order valence-electron chi connectivity index (χ1n) is 7.75. The van der Waals surface area contributed by atoms with Crippen molar-refractivity contribution >= 4 is 11.9 Å². The lowest BCUT2D eigenvalue weighted by molar-refractivity contribution is -0.143. The molecule has 0 saturated heterocycles. The van der Waals surface area contributed by atoms with Crippen molar-refractivity contribution in [1.82, 2.24) is 0 Å². The Hall–Kier alpha value is -1.84. The van der Waals surface area contributed by atoms with Crippen molar-refractivity contribution in [2.75, 3.05) is 13.7 Å². The van der Waals surface area contributed by atoms with Crippen LogP contribution in [0.5, 0.6) is 0 Å². The molecule has 0 saturated carbocycles. The second-order valence-electron chi connectivity index (χ2n) is 5.85. The zero-order chi connectivity index (χ0) is 16.4. The highest BCUT2D eigenvalue weighted by Gasteiger charge is 2.27. The lowest BCUT2D eigenvalue weighted by Crippen LogP contribution is -2.23.